The van der Waals surface area contributed by atoms with Gasteiger partial charge >= 0.3 is 0 Å². The summed E-state index contributed by atoms with van der Waals surface area (Å²) in [5.41, 5.74) is 1.09. The first-order valence-electron chi connectivity index (χ1n) is 5.22. The van der Waals surface area contributed by atoms with Crippen molar-refractivity contribution in [2.75, 3.05) is 13.2 Å². The van der Waals surface area contributed by atoms with Crippen LogP contribution in [0.1, 0.15) is 12.0 Å². The maximum atomic E-state index is 12.7. The summed E-state index contributed by atoms with van der Waals surface area (Å²) in [4.78, 5) is 0. The zero-order valence-corrected chi connectivity index (χ0v) is 9.21. The Balaban J connectivity index is 1.92. The van der Waals surface area contributed by atoms with Crippen LogP contribution in [0, 0.1) is 11.7 Å². The largest absolute Gasteiger partial charge is 0.381 e. The lowest BCUT2D eigenvalue weighted by Gasteiger charge is -2.15. The van der Waals surface area contributed by atoms with Crippen LogP contribution in [-0.4, -0.2) is 18.6 Å². The van der Waals surface area contributed by atoms with Gasteiger partial charge in [-0.05, 0) is 30.5 Å². The van der Waals surface area contributed by atoms with Crippen molar-refractivity contribution >= 4 is 11.6 Å². The van der Waals surface area contributed by atoms with Gasteiger partial charge in [0.05, 0.1) is 6.61 Å². The number of alkyl halides is 1. The molecule has 0 aromatic heterocycles. The van der Waals surface area contributed by atoms with Crippen LogP contribution in [0.2, 0.25) is 0 Å². The summed E-state index contributed by atoms with van der Waals surface area (Å²) >= 11 is 6.29. The standard InChI is InChI=1S/C12H14ClFO/c13-12(10-5-6-15-8-10)7-9-1-3-11(14)4-2-9/h1-4,10,12H,5-8H2. The third-order valence-electron chi connectivity index (χ3n) is 2.82. The van der Waals surface area contributed by atoms with Gasteiger partial charge in [0.15, 0.2) is 0 Å². The second-order valence-electron chi connectivity index (χ2n) is 3.97. The van der Waals surface area contributed by atoms with Gasteiger partial charge in [0.25, 0.3) is 0 Å². The van der Waals surface area contributed by atoms with E-state index in [1.54, 1.807) is 12.1 Å². The summed E-state index contributed by atoms with van der Waals surface area (Å²) < 4.78 is 18.0. The highest BCUT2D eigenvalue weighted by Gasteiger charge is 2.23. The summed E-state index contributed by atoms with van der Waals surface area (Å²) in [7, 11) is 0. The fraction of sp³-hybridized carbons (Fsp3) is 0.500. The van der Waals surface area contributed by atoms with Gasteiger partial charge in [0, 0.05) is 17.9 Å². The Labute approximate surface area is 94.2 Å². The second-order valence-corrected chi connectivity index (χ2v) is 4.53. The van der Waals surface area contributed by atoms with E-state index < -0.39 is 0 Å². The van der Waals surface area contributed by atoms with Crippen molar-refractivity contribution in [2.45, 2.75) is 18.2 Å². The highest BCUT2D eigenvalue weighted by Crippen LogP contribution is 2.24. The van der Waals surface area contributed by atoms with Crippen molar-refractivity contribution in [1.82, 2.24) is 0 Å². The highest BCUT2D eigenvalue weighted by molar-refractivity contribution is 6.20. The Kier molecular flexibility index (Phi) is 3.60. The van der Waals surface area contributed by atoms with Crippen molar-refractivity contribution in [3.63, 3.8) is 0 Å². The smallest absolute Gasteiger partial charge is 0.123 e. The van der Waals surface area contributed by atoms with E-state index in [0.717, 1.165) is 31.6 Å². The normalized spacial score (nSPS) is 22.9. The number of ether oxygens (including phenoxy) is 1. The Morgan fingerprint density at radius 3 is 2.73 bits per heavy atom. The first-order valence-corrected chi connectivity index (χ1v) is 5.65. The molecule has 0 aliphatic carbocycles. The van der Waals surface area contributed by atoms with E-state index in [4.69, 9.17) is 16.3 Å². The molecule has 1 aliphatic heterocycles. The maximum absolute atomic E-state index is 12.7. The van der Waals surface area contributed by atoms with E-state index in [0.29, 0.717) is 5.92 Å². The molecule has 1 aromatic rings. The fourth-order valence-electron chi connectivity index (χ4n) is 1.85. The van der Waals surface area contributed by atoms with Gasteiger partial charge in [-0.25, -0.2) is 4.39 Å². The summed E-state index contributed by atoms with van der Waals surface area (Å²) in [5, 5.41) is 0.0953. The van der Waals surface area contributed by atoms with E-state index in [1.807, 2.05) is 0 Å². The quantitative estimate of drug-likeness (QED) is 0.723. The van der Waals surface area contributed by atoms with Crippen LogP contribution in [0.3, 0.4) is 0 Å². The van der Waals surface area contributed by atoms with E-state index in [-0.39, 0.29) is 11.2 Å². The lowest BCUT2D eigenvalue weighted by atomic mass is 9.98. The predicted octanol–water partition coefficient (Wildman–Crippen LogP) is 3.01. The van der Waals surface area contributed by atoms with E-state index in [9.17, 15) is 4.39 Å². The second kappa shape index (κ2) is 4.95. The lowest BCUT2D eigenvalue weighted by molar-refractivity contribution is 0.185. The van der Waals surface area contributed by atoms with E-state index in [2.05, 4.69) is 0 Å². The van der Waals surface area contributed by atoms with Crippen LogP contribution in [0.4, 0.5) is 4.39 Å². The van der Waals surface area contributed by atoms with Crippen LogP contribution in [-0.2, 0) is 11.2 Å². The molecule has 2 unspecified atom stereocenters. The molecular weight excluding hydrogens is 215 g/mol. The highest BCUT2D eigenvalue weighted by atomic mass is 35.5. The first-order chi connectivity index (χ1) is 7.25. The molecule has 2 rings (SSSR count). The molecular formula is C12H14ClFO. The molecule has 0 saturated carbocycles. The molecule has 2 atom stereocenters. The predicted molar refractivity (Wildman–Crippen MR) is 58.7 cm³/mol. The van der Waals surface area contributed by atoms with Gasteiger partial charge in [-0.3, -0.25) is 0 Å². The minimum atomic E-state index is -0.200. The van der Waals surface area contributed by atoms with Gasteiger partial charge < -0.3 is 4.74 Å². The van der Waals surface area contributed by atoms with Crippen LogP contribution in [0.15, 0.2) is 24.3 Å². The topological polar surface area (TPSA) is 9.23 Å². The molecule has 1 aromatic carbocycles. The van der Waals surface area contributed by atoms with Gasteiger partial charge in [0.2, 0.25) is 0 Å². The van der Waals surface area contributed by atoms with Gasteiger partial charge in [-0.1, -0.05) is 12.1 Å². The summed E-state index contributed by atoms with van der Waals surface area (Å²) in [6.07, 6.45) is 1.82. The molecule has 1 heterocycles. The fourth-order valence-corrected chi connectivity index (χ4v) is 2.23. The molecule has 15 heavy (non-hydrogen) atoms. The van der Waals surface area contributed by atoms with Crippen molar-refractivity contribution in [3.8, 4) is 0 Å². The van der Waals surface area contributed by atoms with Crippen molar-refractivity contribution in [2.24, 2.45) is 5.92 Å². The van der Waals surface area contributed by atoms with Crippen molar-refractivity contribution < 1.29 is 9.13 Å². The molecule has 82 valence electrons. The summed E-state index contributed by atoms with van der Waals surface area (Å²) in [6, 6.07) is 6.54. The van der Waals surface area contributed by atoms with Gasteiger partial charge in [-0.15, -0.1) is 11.6 Å². The van der Waals surface area contributed by atoms with E-state index in [1.165, 1.54) is 12.1 Å². The molecule has 0 radical (unpaired) electrons. The Bertz CT molecular complexity index is 306. The molecule has 1 aliphatic rings. The number of benzene rings is 1. The summed E-state index contributed by atoms with van der Waals surface area (Å²) in [6.45, 7) is 1.58. The van der Waals surface area contributed by atoms with Crippen LogP contribution in [0.5, 0.6) is 0 Å². The summed E-state index contributed by atoms with van der Waals surface area (Å²) in [5.74, 6) is 0.241. The van der Waals surface area contributed by atoms with Gasteiger partial charge in [0.1, 0.15) is 5.82 Å². The van der Waals surface area contributed by atoms with Crippen LogP contribution < -0.4 is 0 Å². The third-order valence-corrected chi connectivity index (χ3v) is 3.33. The Morgan fingerprint density at radius 2 is 2.13 bits per heavy atom. The van der Waals surface area contributed by atoms with Crippen LogP contribution >= 0.6 is 11.6 Å². The van der Waals surface area contributed by atoms with E-state index >= 15 is 0 Å². The van der Waals surface area contributed by atoms with Gasteiger partial charge in [-0.2, -0.15) is 0 Å². The molecule has 1 fully saturated rings. The minimum Gasteiger partial charge on any atom is -0.381 e. The zero-order valence-electron chi connectivity index (χ0n) is 8.46. The van der Waals surface area contributed by atoms with Crippen molar-refractivity contribution in [1.29, 1.82) is 0 Å². The average molecular weight is 229 g/mol. The first kappa shape index (κ1) is 10.9. The molecule has 0 spiro atoms. The SMILES string of the molecule is Fc1ccc(CC(Cl)C2CCOC2)cc1. The number of hydrogen-bond donors (Lipinski definition) is 0. The van der Waals surface area contributed by atoms with Crippen molar-refractivity contribution in [3.05, 3.63) is 35.6 Å². The number of rotatable bonds is 3. The maximum Gasteiger partial charge on any atom is 0.123 e. The lowest BCUT2D eigenvalue weighted by Crippen LogP contribution is -2.17. The molecule has 0 N–H and O–H groups in total. The monoisotopic (exact) mass is 228 g/mol. The zero-order chi connectivity index (χ0) is 10.7. The molecule has 3 heteroatoms. The van der Waals surface area contributed by atoms with Crippen LogP contribution in [0.25, 0.3) is 0 Å². The molecule has 1 saturated heterocycles. The Morgan fingerprint density at radius 1 is 1.40 bits per heavy atom. The average Bonchev–Trinajstić information content (AvgIpc) is 2.74. The molecule has 0 bridgehead atoms. The number of halogens is 2. The minimum absolute atomic E-state index is 0.0953. The molecule has 0 amide bonds. The number of hydrogen-bond acceptors (Lipinski definition) is 1. The Hall–Kier alpha value is -0.600. The molecule has 1 nitrogen and oxygen atoms in total. The third kappa shape index (κ3) is 2.93.